The van der Waals surface area contributed by atoms with Crippen molar-refractivity contribution in [1.82, 2.24) is 0 Å². The molecule has 0 bridgehead atoms. The van der Waals surface area contributed by atoms with Crippen LogP contribution in [-0.2, 0) is 16.0 Å². The Labute approximate surface area is 196 Å². The number of ketones is 2. The number of hydrogen-bond donors (Lipinski definition) is 5. The molecule has 2 aromatic rings. The second-order valence-corrected chi connectivity index (χ2v) is 9.05. The van der Waals surface area contributed by atoms with Gasteiger partial charge in [-0.15, -0.1) is 0 Å². The number of carbonyl (C=O) groups is 3. The zero-order valence-corrected chi connectivity index (χ0v) is 18.0. The van der Waals surface area contributed by atoms with Gasteiger partial charge in [-0.3, -0.25) is 14.4 Å². The number of aliphatic hydroxyl groups is 3. The van der Waals surface area contributed by atoms with Gasteiger partial charge >= 0.3 is 0 Å². The lowest BCUT2D eigenvalue weighted by Crippen LogP contribution is -2.57. The molecule has 35 heavy (non-hydrogen) atoms. The normalized spacial score (nSPS) is 25.8. The molecule has 0 saturated carbocycles. The van der Waals surface area contributed by atoms with Crippen LogP contribution in [0.25, 0.3) is 11.1 Å². The number of Topliss-reactive ketones (excluding diaryl/α,β-unsaturated/α-hetero) is 2. The van der Waals surface area contributed by atoms with E-state index in [0.717, 1.165) is 12.1 Å². The Morgan fingerprint density at radius 2 is 1.69 bits per heavy atom. The van der Waals surface area contributed by atoms with Crippen molar-refractivity contribution < 1.29 is 43.6 Å². The number of allylic oxidation sites excluding steroid dienone is 2. The zero-order valence-electron chi connectivity index (χ0n) is 18.0. The van der Waals surface area contributed by atoms with Crippen molar-refractivity contribution in [3.05, 3.63) is 75.8 Å². The average Bonchev–Trinajstić information content (AvgIpc) is 2.75. The fraction of sp³-hybridized carbons (Fsp3) is 0.240. The maximum absolute atomic E-state index is 13.9. The molecule has 3 atom stereocenters. The summed E-state index contributed by atoms with van der Waals surface area (Å²) in [7, 11) is 0. The molecule has 0 saturated heterocycles. The number of amides is 1. The van der Waals surface area contributed by atoms with Crippen LogP contribution in [0.4, 0.5) is 8.78 Å². The molecule has 0 unspecified atom stereocenters. The predicted molar refractivity (Wildman–Crippen MR) is 116 cm³/mol. The number of fused-ring (bicyclic) bond motifs is 3. The number of phenolic OH excluding ortho intramolecular Hbond substituents is 1. The number of primary amides is 1. The number of benzene rings is 2. The van der Waals surface area contributed by atoms with Gasteiger partial charge in [-0.25, -0.2) is 8.78 Å². The van der Waals surface area contributed by atoms with Gasteiger partial charge in [-0.1, -0.05) is 6.07 Å². The summed E-state index contributed by atoms with van der Waals surface area (Å²) in [6.07, 6.45) is -0.372. The van der Waals surface area contributed by atoms with E-state index in [2.05, 4.69) is 0 Å². The van der Waals surface area contributed by atoms with E-state index < -0.39 is 69.4 Å². The summed E-state index contributed by atoms with van der Waals surface area (Å²) in [5.41, 5.74) is 1.83. The molecule has 0 spiro atoms. The smallest absolute Gasteiger partial charge is 0.255 e. The van der Waals surface area contributed by atoms with E-state index in [0.29, 0.717) is 11.6 Å². The van der Waals surface area contributed by atoms with Crippen molar-refractivity contribution in [1.29, 1.82) is 0 Å². The number of hydrogen-bond acceptors (Lipinski definition) is 7. The summed E-state index contributed by atoms with van der Waals surface area (Å²) in [6.45, 7) is 0. The summed E-state index contributed by atoms with van der Waals surface area (Å²) in [5, 5.41) is 42.9. The SMILES string of the molecule is NC(=O)C1=C(O)C[C@@H]2C[C@@H]3Cc4c(-c5cc(F)cc(F)c5)ccc(O)c4C(=O)C3=C(O)[C@]2(O)C1=O. The van der Waals surface area contributed by atoms with Crippen molar-refractivity contribution >= 4 is 17.5 Å². The van der Waals surface area contributed by atoms with Crippen LogP contribution < -0.4 is 5.73 Å². The van der Waals surface area contributed by atoms with Crippen molar-refractivity contribution in [2.45, 2.75) is 24.9 Å². The summed E-state index contributed by atoms with van der Waals surface area (Å²) in [5.74, 6) is -9.01. The second kappa shape index (κ2) is 7.47. The van der Waals surface area contributed by atoms with E-state index in [1.807, 2.05) is 0 Å². The van der Waals surface area contributed by atoms with E-state index in [-0.39, 0.29) is 41.5 Å². The van der Waals surface area contributed by atoms with Crippen LogP contribution in [0.3, 0.4) is 0 Å². The molecule has 0 fully saturated rings. The van der Waals surface area contributed by atoms with Crippen LogP contribution in [0.5, 0.6) is 5.75 Å². The quantitative estimate of drug-likeness (QED) is 0.411. The molecule has 3 aliphatic carbocycles. The molecule has 8 nitrogen and oxygen atoms in total. The number of halogens is 2. The minimum Gasteiger partial charge on any atom is -0.511 e. The highest BCUT2D eigenvalue weighted by atomic mass is 19.1. The van der Waals surface area contributed by atoms with Gasteiger partial charge in [0.15, 0.2) is 11.4 Å². The van der Waals surface area contributed by atoms with Crippen LogP contribution >= 0.6 is 0 Å². The molecular formula is C25H19F2NO7. The molecule has 6 N–H and O–H groups in total. The first-order chi connectivity index (χ1) is 16.4. The molecule has 5 rings (SSSR count). The highest BCUT2D eigenvalue weighted by Gasteiger charge is 2.59. The molecule has 180 valence electrons. The molecule has 0 aromatic heterocycles. The molecule has 0 aliphatic heterocycles. The Morgan fingerprint density at radius 3 is 2.31 bits per heavy atom. The number of phenols is 1. The Balaban J connectivity index is 1.70. The summed E-state index contributed by atoms with van der Waals surface area (Å²) in [6, 6.07) is 5.45. The van der Waals surface area contributed by atoms with Gasteiger partial charge < -0.3 is 26.2 Å². The third-order valence-corrected chi connectivity index (χ3v) is 7.12. The number of rotatable bonds is 2. The van der Waals surface area contributed by atoms with Gasteiger partial charge in [0.05, 0.1) is 5.56 Å². The van der Waals surface area contributed by atoms with E-state index in [4.69, 9.17) is 5.73 Å². The van der Waals surface area contributed by atoms with Crippen LogP contribution in [0.1, 0.15) is 28.8 Å². The molecule has 1 amide bonds. The van der Waals surface area contributed by atoms with Gasteiger partial charge in [-0.2, -0.15) is 0 Å². The van der Waals surface area contributed by atoms with Crippen molar-refractivity contribution in [2.75, 3.05) is 0 Å². The minimum atomic E-state index is -2.66. The maximum atomic E-state index is 13.9. The Kier molecular flexibility index (Phi) is 4.85. The van der Waals surface area contributed by atoms with Gasteiger partial charge in [0.2, 0.25) is 5.78 Å². The average molecular weight is 483 g/mol. The van der Waals surface area contributed by atoms with E-state index >= 15 is 0 Å². The maximum Gasteiger partial charge on any atom is 0.255 e. The van der Waals surface area contributed by atoms with Gasteiger partial charge in [0.1, 0.15) is 34.5 Å². The molecular weight excluding hydrogens is 464 g/mol. The second-order valence-electron chi connectivity index (χ2n) is 9.05. The molecule has 0 heterocycles. The molecule has 2 aromatic carbocycles. The fourth-order valence-corrected chi connectivity index (χ4v) is 5.60. The minimum absolute atomic E-state index is 0.0241. The Bertz CT molecular complexity index is 1410. The van der Waals surface area contributed by atoms with Crippen LogP contribution in [-0.4, -0.2) is 43.5 Å². The van der Waals surface area contributed by atoms with Gasteiger partial charge in [-0.05, 0) is 53.6 Å². The predicted octanol–water partition coefficient (Wildman–Crippen LogP) is 2.53. The third-order valence-electron chi connectivity index (χ3n) is 7.12. The molecule has 10 heteroatoms. The number of carbonyl (C=O) groups excluding carboxylic acids is 3. The lowest BCUT2D eigenvalue weighted by atomic mass is 9.60. The van der Waals surface area contributed by atoms with E-state index in [1.54, 1.807) is 0 Å². The standard InChI is InChI=1S/C25H19F2NO7/c26-12-4-9(5-13(27)8-12)14-1-2-16(29)19-15(14)6-10-3-11-7-17(30)20(24(28)34)23(33)25(11,35)22(32)18(10)21(19)31/h1-2,4-5,8,10-11,29-30,32,35H,3,6-7H2,(H2,28,34)/t10-,11+,25+/m1/s1. The fourth-order valence-electron chi connectivity index (χ4n) is 5.60. The van der Waals surface area contributed by atoms with E-state index in [9.17, 15) is 43.6 Å². The number of nitrogens with two attached hydrogens (primary N) is 1. The molecule has 3 aliphatic rings. The lowest BCUT2D eigenvalue weighted by Gasteiger charge is -2.45. The topological polar surface area (TPSA) is 158 Å². The van der Waals surface area contributed by atoms with E-state index in [1.165, 1.54) is 12.1 Å². The first kappa shape index (κ1) is 22.7. The largest absolute Gasteiger partial charge is 0.511 e. The van der Waals surface area contributed by atoms with Gasteiger partial charge in [0.25, 0.3) is 5.91 Å². The Morgan fingerprint density at radius 1 is 1.03 bits per heavy atom. The monoisotopic (exact) mass is 483 g/mol. The molecule has 0 radical (unpaired) electrons. The summed E-state index contributed by atoms with van der Waals surface area (Å²) in [4.78, 5) is 38.1. The highest BCUT2D eigenvalue weighted by Crippen LogP contribution is 2.52. The van der Waals surface area contributed by atoms with Crippen molar-refractivity contribution in [3.63, 3.8) is 0 Å². The highest BCUT2D eigenvalue weighted by molar-refractivity contribution is 6.24. The zero-order chi connectivity index (χ0) is 25.4. The summed E-state index contributed by atoms with van der Waals surface area (Å²) < 4.78 is 27.8. The van der Waals surface area contributed by atoms with Gasteiger partial charge in [0, 0.05) is 24.0 Å². The summed E-state index contributed by atoms with van der Waals surface area (Å²) >= 11 is 0. The Hall–Kier alpha value is -4.05. The van der Waals surface area contributed by atoms with Crippen LogP contribution in [0, 0.1) is 23.5 Å². The number of aromatic hydroxyl groups is 1. The van der Waals surface area contributed by atoms with Crippen LogP contribution in [0.15, 0.2) is 53.0 Å². The first-order valence-electron chi connectivity index (χ1n) is 10.7. The van der Waals surface area contributed by atoms with Crippen LogP contribution in [0.2, 0.25) is 0 Å². The van der Waals surface area contributed by atoms with Crippen molar-refractivity contribution in [3.8, 4) is 16.9 Å². The third kappa shape index (κ3) is 3.09. The first-order valence-corrected chi connectivity index (χ1v) is 10.7. The van der Waals surface area contributed by atoms with Crippen molar-refractivity contribution in [2.24, 2.45) is 17.6 Å². The lowest BCUT2D eigenvalue weighted by molar-refractivity contribution is -0.144. The number of aliphatic hydroxyl groups excluding tert-OH is 2.